The molecule has 18 heteroatoms. The molecule has 640 valence electrons. The maximum atomic E-state index is 8.81. The van der Waals surface area contributed by atoms with Gasteiger partial charge in [-0.3, -0.25) is 0 Å². The molecule has 9 aromatic rings. The van der Waals surface area contributed by atoms with Crippen LogP contribution in [0.2, 0.25) is 0 Å². The van der Waals surface area contributed by atoms with Crippen LogP contribution in [0.4, 0.5) is 0 Å². The summed E-state index contributed by atoms with van der Waals surface area (Å²) in [7, 11) is 1.99. The SMILES string of the molecule is C.C.CC(C)(C)c1cc(-c2cc(Br)cc(Br)c2)cc(C(C)(C)C)c1.CC1(C)OB(B2OC(C)(C)C(C)(C)O2)OC1(C)C.COc1ccccc1-c1cc(Br)cc(-c2cc(C(C)(C)C)cc(C(C)(C)C)c2)c1.COc1ccccc1B(O)O.[CH2+]C1(C)OB(c2cc(-c3cc(C(C)(C)C)cc(C(C)(C)C)c3)cc(-c3ccccc3OC)c2)OC1(C)C. The van der Waals surface area contributed by atoms with E-state index in [-0.39, 0.29) is 69.7 Å². The van der Waals surface area contributed by atoms with Crippen LogP contribution in [0.5, 0.6) is 17.2 Å². The highest BCUT2D eigenvalue weighted by Gasteiger charge is 2.64. The molecule has 0 radical (unpaired) electrons. The number of ether oxygens (including phenoxy) is 3. The Balaban J connectivity index is 0.000000241. The van der Waals surface area contributed by atoms with E-state index >= 15 is 0 Å². The van der Waals surface area contributed by atoms with Gasteiger partial charge in [-0.05, 0) is 246 Å². The number of halogens is 3. The van der Waals surface area contributed by atoms with E-state index in [1.807, 2.05) is 106 Å². The minimum Gasteiger partial charge on any atom is -0.497 e. The van der Waals surface area contributed by atoms with E-state index in [4.69, 9.17) is 52.2 Å². The summed E-state index contributed by atoms with van der Waals surface area (Å²) in [4.78, 5) is 0. The predicted molar refractivity (Wildman–Crippen MR) is 519 cm³/mol. The Hall–Kier alpha value is -6.37. The van der Waals surface area contributed by atoms with Gasteiger partial charge in [0.15, 0.2) is 0 Å². The number of methoxy groups -OCH3 is 3. The summed E-state index contributed by atoms with van der Waals surface area (Å²) >= 11 is 10.9. The van der Waals surface area contributed by atoms with Crippen molar-refractivity contribution in [1.82, 2.24) is 0 Å². The fraction of sp³-hybridized carbons (Fsp3) is 0.455. The zero-order valence-corrected chi connectivity index (χ0v) is 80.8. The minimum absolute atomic E-state index is 0. The molecule has 12 rings (SSSR count). The second-order valence-electron chi connectivity index (χ2n) is 40.2. The fourth-order valence-electron chi connectivity index (χ4n) is 13.3. The molecule has 3 fully saturated rings. The van der Waals surface area contributed by atoms with E-state index in [0.717, 1.165) is 58.2 Å². The third kappa shape index (κ3) is 25.4. The number of rotatable bonds is 11. The standard InChI is InChI=1S/C33H42BO3.C27H31BrO.C20H24Br2.C12H24B2O4.C7H9BO3.2CH4/c1-30(2,3)25-17-23(18-26(21-25)31(4,5)6)22-16-24(28-14-12-13-15-29(28)35-11)20-27(19-22)34-36-32(7,8)33(9,10)37-34;1-26(2,3)21-13-19(14-22(17-21)27(4,5)6)18-12-20(16-23(28)15-18)24-10-8-9-11-25(24)29-7;1-19(2,3)15-7-13(8-16(11-15)20(4,5)6)14-9-17(21)12-18(22)10-14;1-9(2)10(3,4)16-13(15-9)14-17-11(5,6)12(7,8)18-14;1-11-7-5-3-2-4-6(7)8(9)10;;/h12-21H,7H2,1-6,8-11H3;8-17H,1-7H3;7-12H,1-6H3;1-8H3;2-5,9-10H,1H3;2*1H4/q+1;;;;;;. The number of hydrogen-bond acceptors (Lipinski definition) is 11. The van der Waals surface area contributed by atoms with Crippen LogP contribution in [0, 0.1) is 6.92 Å². The zero-order valence-electron chi connectivity index (χ0n) is 76.0. The molecule has 119 heavy (non-hydrogen) atoms. The summed E-state index contributed by atoms with van der Waals surface area (Å²) in [6.45, 7) is 67.5. The molecule has 0 amide bonds. The van der Waals surface area contributed by atoms with Gasteiger partial charge in [0, 0.05) is 36.9 Å². The molecule has 1 unspecified atom stereocenters. The molecule has 9 aromatic carbocycles. The summed E-state index contributed by atoms with van der Waals surface area (Å²) in [5, 5.41) is 17.6. The second-order valence-corrected chi connectivity index (χ2v) is 42.9. The highest BCUT2D eigenvalue weighted by atomic mass is 79.9. The average molecular weight is 1810 g/mol. The highest BCUT2D eigenvalue weighted by Crippen LogP contribution is 2.46. The third-order valence-corrected chi connectivity index (χ3v) is 24.4. The molecule has 3 saturated heterocycles. The Kier molecular flexibility index (Phi) is 32.7. The summed E-state index contributed by atoms with van der Waals surface area (Å²) in [6.07, 6.45) is 0. The Morgan fingerprint density at radius 1 is 0.311 bits per heavy atom. The van der Waals surface area contributed by atoms with Gasteiger partial charge in [-0.25, -0.2) is 0 Å². The third-order valence-electron chi connectivity index (χ3n) is 23.0. The molecule has 3 aliphatic rings. The molecule has 11 nitrogen and oxygen atoms in total. The lowest BCUT2D eigenvalue weighted by Crippen LogP contribution is -2.42. The van der Waals surface area contributed by atoms with Gasteiger partial charge in [0.25, 0.3) is 0 Å². The van der Waals surface area contributed by atoms with Gasteiger partial charge in [0.05, 0.1) is 50.7 Å². The predicted octanol–water partition coefficient (Wildman–Crippen LogP) is 26.5. The lowest BCUT2D eigenvalue weighted by atomic mass is 9.49. The number of hydrogen-bond donors (Lipinski definition) is 2. The van der Waals surface area contributed by atoms with Crippen LogP contribution in [-0.2, 0) is 60.4 Å². The Labute approximate surface area is 745 Å². The molecule has 0 saturated carbocycles. The maximum Gasteiger partial charge on any atom is 0.498 e. The lowest BCUT2D eigenvalue weighted by molar-refractivity contribution is 0.00578. The van der Waals surface area contributed by atoms with E-state index in [0.29, 0.717) is 11.2 Å². The van der Waals surface area contributed by atoms with Crippen LogP contribution >= 0.6 is 47.8 Å². The molecular weight excluding hydrogens is 1670 g/mol. The van der Waals surface area contributed by atoms with E-state index in [1.165, 1.54) is 68.3 Å². The molecule has 0 spiro atoms. The molecule has 0 aromatic heterocycles. The monoisotopic (exact) mass is 1810 g/mol. The first kappa shape index (κ1) is 101. The topological polar surface area (TPSA) is 124 Å². The van der Waals surface area contributed by atoms with E-state index in [1.54, 1.807) is 38.5 Å². The first-order chi connectivity index (χ1) is 53.6. The largest absolute Gasteiger partial charge is 0.498 e. The van der Waals surface area contributed by atoms with Crippen LogP contribution in [0.25, 0.3) is 55.6 Å². The van der Waals surface area contributed by atoms with Crippen molar-refractivity contribution in [3.63, 3.8) is 0 Å². The smallest absolute Gasteiger partial charge is 0.497 e. The minimum atomic E-state index is -1.47. The Morgan fingerprint density at radius 2 is 0.563 bits per heavy atom. The molecule has 3 heterocycles. The van der Waals surface area contributed by atoms with E-state index in [2.05, 4.69) is 307 Å². The summed E-state index contributed by atoms with van der Waals surface area (Å²) in [6, 6.07) is 63.8. The Bertz CT molecular complexity index is 4730. The first-order valence-electron chi connectivity index (χ1n) is 40.7. The van der Waals surface area contributed by atoms with Crippen LogP contribution in [0.15, 0.2) is 195 Å². The summed E-state index contributed by atoms with van der Waals surface area (Å²) < 4.78 is 56.1. The van der Waals surface area contributed by atoms with E-state index in [9.17, 15) is 0 Å². The van der Waals surface area contributed by atoms with Crippen molar-refractivity contribution in [2.75, 3.05) is 21.3 Å². The summed E-state index contributed by atoms with van der Waals surface area (Å²) in [5.41, 5.74) is 19.0. The lowest BCUT2D eigenvalue weighted by Gasteiger charge is -2.32. The van der Waals surface area contributed by atoms with Crippen molar-refractivity contribution in [2.45, 2.75) is 282 Å². The number of para-hydroxylation sites is 3. The molecular formula is C101H138B4Br3O11+. The zero-order chi connectivity index (χ0) is 87.7. The van der Waals surface area contributed by atoms with Gasteiger partial charge in [-0.1, -0.05) is 309 Å². The van der Waals surface area contributed by atoms with Crippen molar-refractivity contribution in [3.8, 4) is 72.9 Å². The molecule has 0 aliphatic carbocycles. The fourth-order valence-corrected chi connectivity index (χ4v) is 15.1. The summed E-state index contributed by atoms with van der Waals surface area (Å²) in [5.74, 6) is 2.21. The molecule has 1 atom stereocenters. The second kappa shape index (κ2) is 38.4. The van der Waals surface area contributed by atoms with E-state index < -0.39 is 39.5 Å². The van der Waals surface area contributed by atoms with Crippen molar-refractivity contribution in [3.05, 3.63) is 236 Å². The van der Waals surface area contributed by atoms with Gasteiger partial charge < -0.3 is 52.2 Å². The quantitative estimate of drug-likeness (QED) is 0.0950. The van der Waals surface area contributed by atoms with Crippen LogP contribution in [0.1, 0.15) is 249 Å². The number of benzene rings is 9. The first-order valence-corrected chi connectivity index (χ1v) is 43.1. The maximum absolute atomic E-state index is 8.81. The van der Waals surface area contributed by atoms with Crippen molar-refractivity contribution >= 4 is 87.0 Å². The van der Waals surface area contributed by atoms with Crippen molar-refractivity contribution in [1.29, 1.82) is 0 Å². The van der Waals surface area contributed by atoms with Crippen LogP contribution in [0.3, 0.4) is 0 Å². The normalized spacial score (nSPS) is 17.1. The Morgan fingerprint density at radius 3 is 0.849 bits per heavy atom. The van der Waals surface area contributed by atoms with Gasteiger partial charge in [0.1, 0.15) is 22.8 Å². The molecule has 3 aliphatic heterocycles. The highest BCUT2D eigenvalue weighted by molar-refractivity contribution is 9.11. The molecule has 0 bridgehead atoms. The molecule has 2 N–H and O–H groups in total. The van der Waals surface area contributed by atoms with Crippen molar-refractivity contribution < 1.29 is 52.2 Å². The van der Waals surface area contributed by atoms with Crippen LogP contribution in [-0.4, -0.2) is 93.2 Å². The van der Waals surface area contributed by atoms with Gasteiger partial charge in [-0.2, -0.15) is 0 Å². The van der Waals surface area contributed by atoms with Gasteiger partial charge in [-0.15, -0.1) is 0 Å². The van der Waals surface area contributed by atoms with Gasteiger partial charge >= 0.3 is 28.3 Å². The average Bonchev–Trinajstić information content (AvgIpc) is 1.63. The van der Waals surface area contributed by atoms with Gasteiger partial charge in [0.2, 0.25) is 5.60 Å². The van der Waals surface area contributed by atoms with Crippen molar-refractivity contribution in [2.24, 2.45) is 0 Å². The van der Waals surface area contributed by atoms with Crippen LogP contribution < -0.4 is 25.1 Å².